The van der Waals surface area contributed by atoms with E-state index in [9.17, 15) is 0 Å². The molecule has 3 heteroatoms. The second-order valence-corrected chi connectivity index (χ2v) is 5.44. The molecule has 1 atom stereocenters. The van der Waals surface area contributed by atoms with Crippen LogP contribution in [0.3, 0.4) is 0 Å². The van der Waals surface area contributed by atoms with Gasteiger partial charge in [-0.05, 0) is 25.5 Å². The second kappa shape index (κ2) is 7.46. The van der Waals surface area contributed by atoms with Crippen LogP contribution in [-0.2, 0) is 17.9 Å². The monoisotopic (exact) mass is 275 g/mol. The van der Waals surface area contributed by atoms with E-state index in [0.717, 1.165) is 24.5 Å². The molecule has 20 heavy (non-hydrogen) atoms. The maximum atomic E-state index is 5.93. The molecule has 0 amide bonds. The average molecular weight is 275 g/mol. The minimum absolute atomic E-state index is 0.555. The topological polar surface area (TPSA) is 34.4 Å². The van der Waals surface area contributed by atoms with Crippen molar-refractivity contribution < 1.29 is 9.15 Å². The summed E-state index contributed by atoms with van der Waals surface area (Å²) in [6.45, 7) is 6.60. The number of para-hydroxylation sites is 1. The van der Waals surface area contributed by atoms with Crippen LogP contribution >= 0.6 is 0 Å². The Hall–Kier alpha value is -1.32. The predicted octanol–water partition coefficient (Wildman–Crippen LogP) is 4.11. The fourth-order valence-electron chi connectivity index (χ4n) is 2.57. The third-order valence-electron chi connectivity index (χ3n) is 3.55. The minimum Gasteiger partial charge on any atom is -0.458 e. The molecule has 0 aliphatic rings. The first kappa shape index (κ1) is 15.1. The van der Waals surface area contributed by atoms with Crippen molar-refractivity contribution in [2.75, 3.05) is 13.7 Å². The normalized spacial score (nSPS) is 12.9. The van der Waals surface area contributed by atoms with Crippen LogP contribution in [0.15, 0.2) is 28.7 Å². The van der Waals surface area contributed by atoms with Crippen LogP contribution in [0.1, 0.15) is 38.0 Å². The number of hydrogen-bond acceptors (Lipinski definition) is 3. The van der Waals surface area contributed by atoms with Crippen molar-refractivity contribution in [1.29, 1.82) is 0 Å². The summed E-state index contributed by atoms with van der Waals surface area (Å²) in [6, 6.07) is 8.17. The standard InChI is InChI=1S/C17H25NO2/c1-4-7-13(2)11-19-12-17-15(10-18-3)14-8-5-6-9-16(14)20-17/h5-6,8-9,13,18H,4,7,10-12H2,1-3H3. The van der Waals surface area contributed by atoms with E-state index in [4.69, 9.17) is 9.15 Å². The second-order valence-electron chi connectivity index (χ2n) is 5.44. The van der Waals surface area contributed by atoms with Gasteiger partial charge in [0.1, 0.15) is 18.0 Å². The molecule has 0 spiro atoms. The van der Waals surface area contributed by atoms with E-state index >= 15 is 0 Å². The average Bonchev–Trinajstić information content (AvgIpc) is 2.78. The molecular weight excluding hydrogens is 250 g/mol. The molecule has 1 heterocycles. The Balaban J connectivity index is 2.06. The zero-order valence-corrected chi connectivity index (χ0v) is 12.7. The molecule has 1 aromatic carbocycles. The van der Waals surface area contributed by atoms with E-state index in [1.54, 1.807) is 0 Å². The first-order chi connectivity index (χ1) is 9.76. The molecule has 0 bridgehead atoms. The molecule has 0 radical (unpaired) electrons. The Bertz CT molecular complexity index is 533. The van der Waals surface area contributed by atoms with Crippen LogP contribution in [-0.4, -0.2) is 13.7 Å². The van der Waals surface area contributed by atoms with Gasteiger partial charge in [0, 0.05) is 24.1 Å². The van der Waals surface area contributed by atoms with E-state index < -0.39 is 0 Å². The van der Waals surface area contributed by atoms with Crippen LogP contribution < -0.4 is 5.32 Å². The highest BCUT2D eigenvalue weighted by Gasteiger charge is 2.13. The minimum atomic E-state index is 0.555. The van der Waals surface area contributed by atoms with E-state index in [1.807, 2.05) is 25.2 Å². The number of rotatable bonds is 8. The zero-order chi connectivity index (χ0) is 14.4. The van der Waals surface area contributed by atoms with Gasteiger partial charge in [-0.25, -0.2) is 0 Å². The number of furan rings is 1. The van der Waals surface area contributed by atoms with E-state index in [1.165, 1.54) is 23.8 Å². The van der Waals surface area contributed by atoms with E-state index in [2.05, 4.69) is 25.2 Å². The Kier molecular flexibility index (Phi) is 5.62. The molecule has 110 valence electrons. The lowest BCUT2D eigenvalue weighted by Gasteiger charge is -2.10. The van der Waals surface area contributed by atoms with E-state index in [0.29, 0.717) is 12.5 Å². The molecule has 0 aliphatic carbocycles. The molecule has 0 fully saturated rings. The fourth-order valence-corrected chi connectivity index (χ4v) is 2.57. The van der Waals surface area contributed by atoms with Crippen LogP contribution in [0.4, 0.5) is 0 Å². The van der Waals surface area contributed by atoms with Gasteiger partial charge in [0.25, 0.3) is 0 Å². The Morgan fingerprint density at radius 3 is 2.85 bits per heavy atom. The van der Waals surface area contributed by atoms with Crippen molar-refractivity contribution in [2.24, 2.45) is 5.92 Å². The van der Waals surface area contributed by atoms with Crippen molar-refractivity contribution in [3.05, 3.63) is 35.6 Å². The summed E-state index contributed by atoms with van der Waals surface area (Å²) in [5.41, 5.74) is 2.16. The van der Waals surface area contributed by atoms with Crippen molar-refractivity contribution in [1.82, 2.24) is 5.32 Å². The maximum absolute atomic E-state index is 5.93. The number of ether oxygens (including phenoxy) is 1. The summed E-state index contributed by atoms with van der Waals surface area (Å²) in [5.74, 6) is 1.56. The Labute approximate surface area is 121 Å². The molecule has 3 nitrogen and oxygen atoms in total. The number of benzene rings is 1. The number of hydrogen-bond donors (Lipinski definition) is 1. The van der Waals surface area contributed by atoms with Crippen molar-refractivity contribution >= 4 is 11.0 Å². The summed E-state index contributed by atoms with van der Waals surface area (Å²) in [4.78, 5) is 0. The lowest BCUT2D eigenvalue weighted by Crippen LogP contribution is -2.09. The van der Waals surface area contributed by atoms with Gasteiger partial charge in [-0.1, -0.05) is 38.5 Å². The fraction of sp³-hybridized carbons (Fsp3) is 0.529. The van der Waals surface area contributed by atoms with Gasteiger partial charge in [-0.15, -0.1) is 0 Å². The van der Waals surface area contributed by atoms with Crippen molar-refractivity contribution in [3.63, 3.8) is 0 Å². The van der Waals surface area contributed by atoms with Gasteiger partial charge in [0.15, 0.2) is 0 Å². The van der Waals surface area contributed by atoms with Gasteiger partial charge < -0.3 is 14.5 Å². The molecule has 1 unspecified atom stereocenters. The summed E-state index contributed by atoms with van der Waals surface area (Å²) in [5, 5.41) is 4.39. The van der Waals surface area contributed by atoms with Crippen molar-refractivity contribution in [3.8, 4) is 0 Å². The summed E-state index contributed by atoms with van der Waals surface area (Å²) in [6.07, 6.45) is 2.42. The van der Waals surface area contributed by atoms with Crippen LogP contribution in [0, 0.1) is 5.92 Å². The Morgan fingerprint density at radius 2 is 2.10 bits per heavy atom. The smallest absolute Gasteiger partial charge is 0.135 e. The molecule has 2 rings (SSSR count). The first-order valence-electron chi connectivity index (χ1n) is 7.47. The SMILES string of the molecule is CCCC(C)COCc1oc2ccccc2c1CNC. The third-order valence-corrected chi connectivity index (χ3v) is 3.55. The molecule has 0 saturated carbocycles. The Morgan fingerprint density at radius 1 is 1.30 bits per heavy atom. The first-order valence-corrected chi connectivity index (χ1v) is 7.47. The molecular formula is C17H25NO2. The van der Waals surface area contributed by atoms with Crippen LogP contribution in [0.5, 0.6) is 0 Å². The summed E-state index contributed by atoms with van der Waals surface area (Å²) < 4.78 is 11.8. The van der Waals surface area contributed by atoms with Crippen LogP contribution in [0.2, 0.25) is 0 Å². The number of fused-ring (bicyclic) bond motifs is 1. The van der Waals surface area contributed by atoms with Crippen LogP contribution in [0.25, 0.3) is 11.0 Å². The zero-order valence-electron chi connectivity index (χ0n) is 12.7. The molecule has 1 aromatic heterocycles. The third kappa shape index (κ3) is 3.62. The quantitative estimate of drug-likeness (QED) is 0.787. The van der Waals surface area contributed by atoms with Crippen molar-refractivity contribution in [2.45, 2.75) is 39.8 Å². The van der Waals surface area contributed by atoms with E-state index in [-0.39, 0.29) is 0 Å². The molecule has 0 aliphatic heterocycles. The number of nitrogens with one attached hydrogen (secondary N) is 1. The largest absolute Gasteiger partial charge is 0.458 e. The van der Waals surface area contributed by atoms with Gasteiger partial charge in [0.05, 0.1) is 0 Å². The van der Waals surface area contributed by atoms with Gasteiger partial charge in [-0.3, -0.25) is 0 Å². The maximum Gasteiger partial charge on any atom is 0.135 e. The highest BCUT2D eigenvalue weighted by Crippen LogP contribution is 2.26. The summed E-state index contributed by atoms with van der Waals surface area (Å²) in [7, 11) is 1.95. The van der Waals surface area contributed by atoms with Gasteiger partial charge in [-0.2, -0.15) is 0 Å². The highest BCUT2D eigenvalue weighted by atomic mass is 16.5. The summed E-state index contributed by atoms with van der Waals surface area (Å²) >= 11 is 0. The lowest BCUT2D eigenvalue weighted by atomic mass is 10.1. The molecule has 2 aromatic rings. The molecule has 0 saturated heterocycles. The lowest BCUT2D eigenvalue weighted by molar-refractivity contribution is 0.0779. The van der Waals surface area contributed by atoms with Gasteiger partial charge >= 0.3 is 0 Å². The predicted molar refractivity (Wildman–Crippen MR) is 82.7 cm³/mol. The van der Waals surface area contributed by atoms with Gasteiger partial charge in [0.2, 0.25) is 0 Å². The molecule has 1 N–H and O–H groups in total. The highest BCUT2D eigenvalue weighted by molar-refractivity contribution is 5.82.